The van der Waals surface area contributed by atoms with Crippen molar-refractivity contribution in [3.8, 4) is 11.5 Å². The predicted molar refractivity (Wildman–Crippen MR) is 86.4 cm³/mol. The molecule has 0 spiro atoms. The Balaban J connectivity index is 1.66. The standard InChI is InChI=1S/C16H18N2O2S/c1-21-12-3-2-11(7-12)18-16-13-8-15-14(19-9-20-15)6-10(13)4-5-17-16/h4-6,8,11-12H,2-3,7,9H2,1H3,(H,17,18). The van der Waals surface area contributed by atoms with Crippen molar-refractivity contribution in [2.75, 3.05) is 18.4 Å². The Labute approximate surface area is 128 Å². The summed E-state index contributed by atoms with van der Waals surface area (Å²) >= 11 is 1.97. The lowest BCUT2D eigenvalue weighted by Gasteiger charge is -2.15. The molecule has 1 aromatic carbocycles. The van der Waals surface area contributed by atoms with Crippen molar-refractivity contribution < 1.29 is 9.47 Å². The second-order valence-corrected chi connectivity index (χ2v) is 6.74. The highest BCUT2D eigenvalue weighted by molar-refractivity contribution is 7.99. The molecular formula is C16H18N2O2S. The van der Waals surface area contributed by atoms with Crippen LogP contribution in [0.4, 0.5) is 5.82 Å². The molecule has 2 aromatic rings. The van der Waals surface area contributed by atoms with Gasteiger partial charge in [-0.05, 0) is 49.1 Å². The van der Waals surface area contributed by atoms with Crippen LogP contribution in [0, 0.1) is 0 Å². The van der Waals surface area contributed by atoms with Crippen LogP contribution in [0.2, 0.25) is 0 Å². The monoisotopic (exact) mass is 302 g/mol. The zero-order valence-corrected chi connectivity index (χ0v) is 12.8. The highest BCUT2D eigenvalue weighted by atomic mass is 32.2. The van der Waals surface area contributed by atoms with Crippen molar-refractivity contribution in [1.82, 2.24) is 4.98 Å². The van der Waals surface area contributed by atoms with Crippen molar-refractivity contribution in [1.29, 1.82) is 0 Å². The number of fused-ring (bicyclic) bond motifs is 2. The van der Waals surface area contributed by atoms with Gasteiger partial charge in [0, 0.05) is 22.9 Å². The maximum absolute atomic E-state index is 5.48. The Hall–Kier alpha value is -1.62. The van der Waals surface area contributed by atoms with Crippen LogP contribution in [0.3, 0.4) is 0 Å². The number of rotatable bonds is 3. The van der Waals surface area contributed by atoms with Gasteiger partial charge in [-0.15, -0.1) is 0 Å². The molecule has 4 nitrogen and oxygen atoms in total. The molecule has 1 saturated carbocycles. The normalized spacial score (nSPS) is 23.7. The van der Waals surface area contributed by atoms with Crippen LogP contribution in [-0.2, 0) is 0 Å². The van der Waals surface area contributed by atoms with Crippen LogP contribution in [0.1, 0.15) is 19.3 Å². The topological polar surface area (TPSA) is 43.4 Å². The lowest BCUT2D eigenvalue weighted by molar-refractivity contribution is 0.174. The maximum atomic E-state index is 5.48. The number of nitrogens with one attached hydrogen (secondary N) is 1. The summed E-state index contributed by atoms with van der Waals surface area (Å²) in [6.45, 7) is 0.305. The third kappa shape index (κ3) is 2.39. The summed E-state index contributed by atoms with van der Waals surface area (Å²) in [6, 6.07) is 6.60. The van der Waals surface area contributed by atoms with Crippen molar-refractivity contribution in [3.63, 3.8) is 0 Å². The molecule has 21 heavy (non-hydrogen) atoms. The van der Waals surface area contributed by atoms with Gasteiger partial charge in [-0.2, -0.15) is 11.8 Å². The number of anilines is 1. The van der Waals surface area contributed by atoms with Crippen molar-refractivity contribution in [2.45, 2.75) is 30.6 Å². The van der Waals surface area contributed by atoms with Gasteiger partial charge in [0.25, 0.3) is 0 Å². The Kier molecular flexibility index (Phi) is 3.30. The van der Waals surface area contributed by atoms with Gasteiger partial charge in [-0.25, -0.2) is 4.98 Å². The van der Waals surface area contributed by atoms with Crippen LogP contribution in [0.15, 0.2) is 24.4 Å². The van der Waals surface area contributed by atoms with Crippen molar-refractivity contribution in [2.24, 2.45) is 0 Å². The molecule has 0 saturated heterocycles. The number of benzene rings is 1. The number of aromatic nitrogens is 1. The number of ether oxygens (including phenoxy) is 2. The van der Waals surface area contributed by atoms with E-state index in [9.17, 15) is 0 Å². The Morgan fingerprint density at radius 3 is 2.90 bits per heavy atom. The molecule has 1 aliphatic carbocycles. The van der Waals surface area contributed by atoms with Gasteiger partial charge in [0.2, 0.25) is 6.79 Å². The van der Waals surface area contributed by atoms with Gasteiger partial charge in [0.05, 0.1) is 0 Å². The van der Waals surface area contributed by atoms with Crippen molar-refractivity contribution in [3.05, 3.63) is 24.4 Å². The van der Waals surface area contributed by atoms with E-state index in [-0.39, 0.29) is 0 Å². The molecule has 0 amide bonds. The minimum absolute atomic E-state index is 0.305. The zero-order chi connectivity index (χ0) is 14.2. The Morgan fingerprint density at radius 1 is 1.24 bits per heavy atom. The maximum Gasteiger partial charge on any atom is 0.231 e. The molecule has 110 valence electrons. The lowest BCUT2D eigenvalue weighted by Crippen LogP contribution is -2.17. The molecule has 1 aliphatic heterocycles. The summed E-state index contributed by atoms with van der Waals surface area (Å²) in [5, 5.41) is 6.64. The van der Waals surface area contributed by atoms with E-state index in [1.807, 2.05) is 36.2 Å². The minimum atomic E-state index is 0.305. The molecule has 2 heterocycles. The highest BCUT2D eigenvalue weighted by Crippen LogP contribution is 2.38. The SMILES string of the molecule is CSC1CCC(Nc2nccc3cc4c(cc23)OCO4)C1. The van der Waals surface area contributed by atoms with E-state index in [1.165, 1.54) is 19.3 Å². The van der Waals surface area contributed by atoms with Gasteiger partial charge in [-0.3, -0.25) is 0 Å². The average Bonchev–Trinajstić information content (AvgIpc) is 3.13. The predicted octanol–water partition coefficient (Wildman–Crippen LogP) is 3.66. The molecule has 0 bridgehead atoms. The van der Waals surface area contributed by atoms with E-state index in [2.05, 4.69) is 16.6 Å². The molecule has 1 aromatic heterocycles. The van der Waals surface area contributed by atoms with Gasteiger partial charge in [0.1, 0.15) is 5.82 Å². The van der Waals surface area contributed by atoms with E-state index in [0.29, 0.717) is 12.8 Å². The summed E-state index contributed by atoms with van der Waals surface area (Å²) in [5.41, 5.74) is 0. The molecule has 2 aliphatic rings. The van der Waals surface area contributed by atoms with E-state index in [4.69, 9.17) is 9.47 Å². The van der Waals surface area contributed by atoms with Gasteiger partial charge < -0.3 is 14.8 Å². The molecule has 2 atom stereocenters. The fraction of sp³-hybridized carbons (Fsp3) is 0.438. The molecule has 2 unspecified atom stereocenters. The zero-order valence-electron chi connectivity index (χ0n) is 12.0. The van der Waals surface area contributed by atoms with Crippen LogP contribution in [0.25, 0.3) is 10.8 Å². The molecule has 0 radical (unpaired) electrons. The number of nitrogens with zero attached hydrogens (tertiary/aromatic N) is 1. The quantitative estimate of drug-likeness (QED) is 0.937. The van der Waals surface area contributed by atoms with E-state index in [0.717, 1.165) is 33.3 Å². The average molecular weight is 302 g/mol. The van der Waals surface area contributed by atoms with Crippen LogP contribution in [0.5, 0.6) is 11.5 Å². The van der Waals surface area contributed by atoms with Gasteiger partial charge in [0.15, 0.2) is 11.5 Å². The number of pyridine rings is 1. The summed E-state index contributed by atoms with van der Waals surface area (Å²) in [5.74, 6) is 2.59. The third-order valence-electron chi connectivity index (χ3n) is 4.32. The van der Waals surface area contributed by atoms with Crippen LogP contribution >= 0.6 is 11.8 Å². The Bertz CT molecular complexity index is 677. The fourth-order valence-corrected chi connectivity index (χ4v) is 3.95. The first-order chi connectivity index (χ1) is 10.3. The first-order valence-electron chi connectivity index (χ1n) is 7.31. The number of hydrogen-bond donors (Lipinski definition) is 1. The number of thioether (sulfide) groups is 1. The third-order valence-corrected chi connectivity index (χ3v) is 5.41. The minimum Gasteiger partial charge on any atom is -0.454 e. The van der Waals surface area contributed by atoms with Gasteiger partial charge in [-0.1, -0.05) is 0 Å². The largest absolute Gasteiger partial charge is 0.454 e. The summed E-state index contributed by atoms with van der Waals surface area (Å²) in [7, 11) is 0. The van der Waals surface area contributed by atoms with Gasteiger partial charge >= 0.3 is 0 Å². The smallest absolute Gasteiger partial charge is 0.231 e. The summed E-state index contributed by atoms with van der Waals surface area (Å²) < 4.78 is 10.9. The molecule has 1 fully saturated rings. The first-order valence-corrected chi connectivity index (χ1v) is 8.60. The van der Waals surface area contributed by atoms with Crippen molar-refractivity contribution >= 4 is 28.4 Å². The lowest BCUT2D eigenvalue weighted by atomic mass is 10.1. The molecule has 5 heteroatoms. The highest BCUT2D eigenvalue weighted by Gasteiger charge is 2.25. The Morgan fingerprint density at radius 2 is 2.10 bits per heavy atom. The van der Waals surface area contributed by atoms with E-state index < -0.39 is 0 Å². The molecule has 4 rings (SSSR count). The molecular weight excluding hydrogens is 284 g/mol. The number of hydrogen-bond acceptors (Lipinski definition) is 5. The summed E-state index contributed by atoms with van der Waals surface area (Å²) in [4.78, 5) is 4.53. The second kappa shape index (κ2) is 5.30. The second-order valence-electron chi connectivity index (χ2n) is 5.60. The fourth-order valence-electron chi connectivity index (χ4n) is 3.16. The van der Waals surface area contributed by atoms with Crippen LogP contribution < -0.4 is 14.8 Å². The summed E-state index contributed by atoms with van der Waals surface area (Å²) in [6.07, 6.45) is 7.77. The van der Waals surface area contributed by atoms with Crippen LogP contribution in [-0.4, -0.2) is 29.3 Å². The van der Waals surface area contributed by atoms with E-state index >= 15 is 0 Å². The first kappa shape index (κ1) is 13.1. The molecule has 1 N–H and O–H groups in total. The van der Waals surface area contributed by atoms with E-state index in [1.54, 1.807) is 0 Å².